The highest BCUT2D eigenvalue weighted by Crippen LogP contribution is 2.37. The third-order valence-electron chi connectivity index (χ3n) is 3.40. The molecule has 0 bridgehead atoms. The summed E-state index contributed by atoms with van der Waals surface area (Å²) in [6, 6.07) is 14.4. The first-order chi connectivity index (χ1) is 10.3. The van der Waals surface area contributed by atoms with Gasteiger partial charge in [0.25, 0.3) is 0 Å². The van der Waals surface area contributed by atoms with Crippen LogP contribution in [-0.2, 0) is 17.8 Å². The minimum atomic E-state index is 0.295. The fourth-order valence-corrected chi connectivity index (χ4v) is 2.71. The van der Waals surface area contributed by atoms with Crippen molar-refractivity contribution in [2.75, 3.05) is 13.4 Å². The first-order valence-electron chi connectivity index (χ1n) is 7.02. The van der Waals surface area contributed by atoms with E-state index < -0.39 is 0 Å². The van der Waals surface area contributed by atoms with Gasteiger partial charge in [0, 0.05) is 11.1 Å². The van der Waals surface area contributed by atoms with Gasteiger partial charge in [0.2, 0.25) is 6.79 Å². The quantitative estimate of drug-likeness (QED) is 0.727. The van der Waals surface area contributed by atoms with Crippen LogP contribution in [0, 0.1) is 0 Å². The Kier molecular flexibility index (Phi) is 4.78. The van der Waals surface area contributed by atoms with Crippen molar-refractivity contribution in [3.8, 4) is 11.5 Å². The predicted molar refractivity (Wildman–Crippen MR) is 84.7 cm³/mol. The molecule has 0 amide bonds. The molecular formula is C17H17BrO3. The maximum atomic E-state index is 5.76. The first-order valence-corrected chi connectivity index (χ1v) is 7.82. The average Bonchev–Trinajstić information content (AvgIpc) is 2.95. The number of halogens is 1. The highest BCUT2D eigenvalue weighted by Gasteiger charge is 2.16. The summed E-state index contributed by atoms with van der Waals surface area (Å²) in [5, 5.41) is 0. The second-order valence-electron chi connectivity index (χ2n) is 4.94. The second kappa shape index (κ2) is 6.96. The molecule has 110 valence electrons. The Morgan fingerprint density at radius 1 is 1.05 bits per heavy atom. The molecule has 0 aromatic heterocycles. The Morgan fingerprint density at radius 3 is 2.62 bits per heavy atom. The molecule has 3 nitrogen and oxygen atoms in total. The van der Waals surface area contributed by atoms with E-state index in [0.717, 1.165) is 41.0 Å². The van der Waals surface area contributed by atoms with E-state index >= 15 is 0 Å². The molecule has 0 N–H and O–H groups in total. The van der Waals surface area contributed by atoms with Gasteiger partial charge >= 0.3 is 0 Å². The normalized spacial score (nSPS) is 12.6. The Hall–Kier alpha value is -1.52. The van der Waals surface area contributed by atoms with Gasteiger partial charge in [0.1, 0.15) is 0 Å². The zero-order chi connectivity index (χ0) is 14.5. The van der Waals surface area contributed by atoms with E-state index in [2.05, 4.69) is 40.2 Å². The summed E-state index contributed by atoms with van der Waals surface area (Å²) in [7, 11) is 0. The largest absolute Gasteiger partial charge is 0.454 e. The zero-order valence-electron chi connectivity index (χ0n) is 11.7. The van der Waals surface area contributed by atoms with Crippen molar-refractivity contribution < 1.29 is 14.2 Å². The molecule has 0 radical (unpaired) electrons. The Bertz CT molecular complexity index is 598. The summed E-state index contributed by atoms with van der Waals surface area (Å²) in [4.78, 5) is 0. The van der Waals surface area contributed by atoms with Crippen LogP contribution < -0.4 is 9.47 Å². The molecule has 21 heavy (non-hydrogen) atoms. The smallest absolute Gasteiger partial charge is 0.231 e. The van der Waals surface area contributed by atoms with Gasteiger partial charge in [-0.3, -0.25) is 0 Å². The van der Waals surface area contributed by atoms with Crippen molar-refractivity contribution in [1.82, 2.24) is 0 Å². The number of hydrogen-bond acceptors (Lipinski definition) is 3. The second-order valence-corrected chi connectivity index (χ2v) is 5.79. The van der Waals surface area contributed by atoms with Crippen molar-refractivity contribution in [2.24, 2.45) is 0 Å². The third-order valence-corrected chi connectivity index (χ3v) is 4.13. The van der Waals surface area contributed by atoms with E-state index in [1.165, 1.54) is 5.56 Å². The summed E-state index contributed by atoms with van der Waals surface area (Å²) < 4.78 is 17.5. The lowest BCUT2D eigenvalue weighted by molar-refractivity contribution is 0.118. The van der Waals surface area contributed by atoms with Gasteiger partial charge in [-0.05, 0) is 36.1 Å². The lowest BCUT2D eigenvalue weighted by Gasteiger charge is -2.08. The van der Waals surface area contributed by atoms with Crippen LogP contribution in [0.25, 0.3) is 0 Å². The van der Waals surface area contributed by atoms with Gasteiger partial charge in [0.15, 0.2) is 11.5 Å². The van der Waals surface area contributed by atoms with E-state index in [-0.39, 0.29) is 0 Å². The molecule has 1 aliphatic rings. The van der Waals surface area contributed by atoms with Crippen LogP contribution in [0.3, 0.4) is 0 Å². The van der Waals surface area contributed by atoms with Crippen molar-refractivity contribution in [3.05, 3.63) is 58.1 Å². The minimum Gasteiger partial charge on any atom is -0.454 e. The summed E-state index contributed by atoms with van der Waals surface area (Å²) in [5.41, 5.74) is 2.43. The van der Waals surface area contributed by atoms with E-state index in [1.807, 2.05) is 18.2 Å². The molecule has 2 aromatic carbocycles. The SMILES string of the molecule is Brc1cc2c(cc1COCCCc1ccccc1)OCO2. The fraction of sp³-hybridized carbons (Fsp3) is 0.294. The molecule has 0 saturated carbocycles. The van der Waals surface area contributed by atoms with Gasteiger partial charge < -0.3 is 14.2 Å². The molecule has 0 fully saturated rings. The first kappa shape index (κ1) is 14.4. The van der Waals surface area contributed by atoms with E-state index in [4.69, 9.17) is 14.2 Å². The van der Waals surface area contributed by atoms with Crippen LogP contribution in [0.2, 0.25) is 0 Å². The molecule has 0 unspecified atom stereocenters. The van der Waals surface area contributed by atoms with Crippen LogP contribution in [0.5, 0.6) is 11.5 Å². The highest BCUT2D eigenvalue weighted by atomic mass is 79.9. The predicted octanol–water partition coefficient (Wildman–Crippen LogP) is 4.33. The monoisotopic (exact) mass is 348 g/mol. The van der Waals surface area contributed by atoms with Crippen molar-refractivity contribution in [3.63, 3.8) is 0 Å². The summed E-state index contributed by atoms with van der Waals surface area (Å²) >= 11 is 3.54. The van der Waals surface area contributed by atoms with Gasteiger partial charge in [0.05, 0.1) is 6.61 Å². The number of rotatable bonds is 6. The fourth-order valence-electron chi connectivity index (χ4n) is 2.28. The van der Waals surface area contributed by atoms with Crippen LogP contribution in [0.15, 0.2) is 46.9 Å². The Balaban J connectivity index is 1.45. The molecule has 1 heterocycles. The van der Waals surface area contributed by atoms with Gasteiger partial charge in [-0.1, -0.05) is 46.3 Å². The molecule has 0 saturated heterocycles. The summed E-state index contributed by atoms with van der Waals surface area (Å²) in [6.07, 6.45) is 2.06. The number of fused-ring (bicyclic) bond motifs is 1. The van der Waals surface area contributed by atoms with Crippen LogP contribution in [0.1, 0.15) is 17.5 Å². The van der Waals surface area contributed by atoms with E-state index in [1.54, 1.807) is 0 Å². The lowest BCUT2D eigenvalue weighted by atomic mass is 10.1. The molecule has 0 spiro atoms. The molecule has 3 rings (SSSR count). The van der Waals surface area contributed by atoms with Gasteiger partial charge in [-0.2, -0.15) is 0 Å². The summed E-state index contributed by atoms with van der Waals surface area (Å²) in [5.74, 6) is 1.58. The lowest BCUT2D eigenvalue weighted by Crippen LogP contribution is -1.98. The minimum absolute atomic E-state index is 0.295. The van der Waals surface area contributed by atoms with Crippen LogP contribution in [0.4, 0.5) is 0 Å². The maximum absolute atomic E-state index is 5.76. The third kappa shape index (κ3) is 3.77. The standard InChI is InChI=1S/C17H17BrO3/c18-15-10-17-16(20-12-21-17)9-14(15)11-19-8-4-7-13-5-2-1-3-6-13/h1-3,5-6,9-10H,4,7-8,11-12H2. The molecule has 0 aliphatic carbocycles. The molecular weight excluding hydrogens is 332 g/mol. The molecule has 4 heteroatoms. The molecule has 1 aliphatic heterocycles. The number of ether oxygens (including phenoxy) is 3. The zero-order valence-corrected chi connectivity index (χ0v) is 13.3. The number of aryl methyl sites for hydroxylation is 1. The Morgan fingerprint density at radius 2 is 1.81 bits per heavy atom. The van der Waals surface area contributed by atoms with Crippen molar-refractivity contribution in [2.45, 2.75) is 19.4 Å². The molecule has 2 aromatic rings. The van der Waals surface area contributed by atoms with E-state index in [9.17, 15) is 0 Å². The number of benzene rings is 2. The van der Waals surface area contributed by atoms with Crippen molar-refractivity contribution in [1.29, 1.82) is 0 Å². The van der Waals surface area contributed by atoms with Crippen molar-refractivity contribution >= 4 is 15.9 Å². The van der Waals surface area contributed by atoms with E-state index in [0.29, 0.717) is 13.4 Å². The average molecular weight is 349 g/mol. The Labute approximate surface area is 133 Å². The summed E-state index contributed by atoms with van der Waals surface area (Å²) in [6.45, 7) is 1.62. The van der Waals surface area contributed by atoms with Gasteiger partial charge in [-0.15, -0.1) is 0 Å². The van der Waals surface area contributed by atoms with Gasteiger partial charge in [-0.25, -0.2) is 0 Å². The molecule has 0 atom stereocenters. The topological polar surface area (TPSA) is 27.7 Å². The van der Waals surface area contributed by atoms with Crippen LogP contribution >= 0.6 is 15.9 Å². The van der Waals surface area contributed by atoms with Crippen LogP contribution in [-0.4, -0.2) is 13.4 Å². The number of hydrogen-bond donors (Lipinski definition) is 0. The highest BCUT2D eigenvalue weighted by molar-refractivity contribution is 9.10. The maximum Gasteiger partial charge on any atom is 0.231 e.